The summed E-state index contributed by atoms with van der Waals surface area (Å²) in [4.78, 5) is 13.6. The summed E-state index contributed by atoms with van der Waals surface area (Å²) in [6, 6.07) is 8.07. The van der Waals surface area contributed by atoms with E-state index < -0.39 is 0 Å². The van der Waals surface area contributed by atoms with Crippen LogP contribution in [-0.4, -0.2) is 32.6 Å². The SMILES string of the molecule is CCc1nccn1CCCNc1nc(CCN)nc2ccccc12. The largest absolute Gasteiger partial charge is 0.369 e. The maximum atomic E-state index is 5.65. The van der Waals surface area contributed by atoms with Gasteiger partial charge in [-0.25, -0.2) is 15.0 Å². The second-order valence-electron chi connectivity index (χ2n) is 5.72. The van der Waals surface area contributed by atoms with Gasteiger partial charge in [0.2, 0.25) is 0 Å². The number of aromatic nitrogens is 4. The highest BCUT2D eigenvalue weighted by molar-refractivity contribution is 5.88. The molecule has 0 amide bonds. The molecule has 0 radical (unpaired) electrons. The van der Waals surface area contributed by atoms with Gasteiger partial charge in [-0.1, -0.05) is 19.1 Å². The summed E-state index contributed by atoms with van der Waals surface area (Å²) in [6.45, 7) is 4.49. The topological polar surface area (TPSA) is 81.7 Å². The van der Waals surface area contributed by atoms with E-state index in [0.717, 1.165) is 54.3 Å². The number of hydrogen-bond acceptors (Lipinski definition) is 5. The van der Waals surface area contributed by atoms with Crippen LogP contribution in [0.1, 0.15) is 25.0 Å². The van der Waals surface area contributed by atoms with E-state index in [0.29, 0.717) is 13.0 Å². The second-order valence-corrected chi connectivity index (χ2v) is 5.72. The summed E-state index contributed by atoms with van der Waals surface area (Å²) in [5.41, 5.74) is 6.61. The van der Waals surface area contributed by atoms with Crippen molar-refractivity contribution < 1.29 is 0 Å². The number of benzene rings is 1. The smallest absolute Gasteiger partial charge is 0.137 e. The Morgan fingerprint density at radius 1 is 1.21 bits per heavy atom. The van der Waals surface area contributed by atoms with Crippen LogP contribution in [0.25, 0.3) is 10.9 Å². The van der Waals surface area contributed by atoms with Crippen molar-refractivity contribution in [2.45, 2.75) is 32.7 Å². The first-order chi connectivity index (χ1) is 11.8. The van der Waals surface area contributed by atoms with Crippen molar-refractivity contribution in [2.24, 2.45) is 5.73 Å². The van der Waals surface area contributed by atoms with Crippen LogP contribution >= 0.6 is 0 Å². The van der Waals surface area contributed by atoms with Crippen molar-refractivity contribution in [3.05, 3.63) is 48.3 Å². The zero-order valence-corrected chi connectivity index (χ0v) is 14.1. The zero-order valence-electron chi connectivity index (χ0n) is 14.1. The lowest BCUT2D eigenvalue weighted by molar-refractivity contribution is 0.629. The number of anilines is 1. The Morgan fingerprint density at radius 3 is 2.92 bits per heavy atom. The van der Waals surface area contributed by atoms with Gasteiger partial charge in [0.15, 0.2) is 0 Å². The molecule has 6 nitrogen and oxygen atoms in total. The molecule has 126 valence electrons. The molecule has 0 spiro atoms. The molecule has 0 atom stereocenters. The summed E-state index contributed by atoms with van der Waals surface area (Å²) in [7, 11) is 0. The number of rotatable bonds is 8. The third-order valence-corrected chi connectivity index (χ3v) is 4.00. The summed E-state index contributed by atoms with van der Waals surface area (Å²) in [6.07, 6.45) is 6.56. The van der Waals surface area contributed by atoms with Crippen LogP contribution < -0.4 is 11.1 Å². The van der Waals surface area contributed by atoms with Crippen LogP contribution in [0.4, 0.5) is 5.82 Å². The lowest BCUT2D eigenvalue weighted by Crippen LogP contribution is -2.12. The summed E-state index contributed by atoms with van der Waals surface area (Å²) >= 11 is 0. The molecule has 3 aromatic rings. The fraction of sp³-hybridized carbons (Fsp3) is 0.389. The molecule has 0 aliphatic rings. The molecule has 0 aliphatic carbocycles. The maximum absolute atomic E-state index is 5.65. The lowest BCUT2D eigenvalue weighted by atomic mass is 10.2. The van der Waals surface area contributed by atoms with Gasteiger partial charge in [0, 0.05) is 43.7 Å². The first-order valence-corrected chi connectivity index (χ1v) is 8.51. The van der Waals surface area contributed by atoms with Gasteiger partial charge in [-0.3, -0.25) is 0 Å². The van der Waals surface area contributed by atoms with E-state index in [4.69, 9.17) is 5.73 Å². The minimum absolute atomic E-state index is 0.554. The van der Waals surface area contributed by atoms with E-state index in [1.54, 1.807) is 0 Å². The molecule has 0 bridgehead atoms. The molecule has 1 aromatic carbocycles. The van der Waals surface area contributed by atoms with Gasteiger partial charge in [0.25, 0.3) is 0 Å². The predicted molar refractivity (Wildman–Crippen MR) is 97.0 cm³/mol. The Hall–Kier alpha value is -2.47. The van der Waals surface area contributed by atoms with Gasteiger partial charge in [0.1, 0.15) is 17.5 Å². The second kappa shape index (κ2) is 7.88. The van der Waals surface area contributed by atoms with Gasteiger partial charge in [-0.05, 0) is 25.1 Å². The van der Waals surface area contributed by atoms with E-state index in [9.17, 15) is 0 Å². The maximum Gasteiger partial charge on any atom is 0.137 e. The Morgan fingerprint density at radius 2 is 2.08 bits per heavy atom. The third-order valence-electron chi connectivity index (χ3n) is 4.00. The highest BCUT2D eigenvalue weighted by Gasteiger charge is 2.07. The number of para-hydroxylation sites is 1. The fourth-order valence-corrected chi connectivity index (χ4v) is 2.81. The van der Waals surface area contributed by atoms with Crippen molar-refractivity contribution in [2.75, 3.05) is 18.4 Å². The minimum Gasteiger partial charge on any atom is -0.369 e. The molecular formula is C18H24N6. The Bertz CT molecular complexity index is 795. The van der Waals surface area contributed by atoms with Crippen LogP contribution in [0.3, 0.4) is 0 Å². The van der Waals surface area contributed by atoms with E-state index in [-0.39, 0.29) is 0 Å². The first-order valence-electron chi connectivity index (χ1n) is 8.51. The van der Waals surface area contributed by atoms with E-state index >= 15 is 0 Å². The summed E-state index contributed by atoms with van der Waals surface area (Å²) in [5.74, 6) is 2.82. The van der Waals surface area contributed by atoms with Crippen LogP contribution in [-0.2, 0) is 19.4 Å². The van der Waals surface area contributed by atoms with Crippen molar-refractivity contribution in [3.8, 4) is 0 Å². The average Bonchev–Trinajstić information content (AvgIpc) is 3.06. The molecule has 6 heteroatoms. The van der Waals surface area contributed by atoms with Crippen LogP contribution in [0.5, 0.6) is 0 Å². The highest BCUT2D eigenvalue weighted by atomic mass is 15.1. The van der Waals surface area contributed by atoms with Gasteiger partial charge in [0.05, 0.1) is 5.52 Å². The van der Waals surface area contributed by atoms with E-state index in [1.807, 2.05) is 30.6 Å². The third kappa shape index (κ3) is 3.71. The fourth-order valence-electron chi connectivity index (χ4n) is 2.81. The van der Waals surface area contributed by atoms with Crippen molar-refractivity contribution in [3.63, 3.8) is 0 Å². The van der Waals surface area contributed by atoms with Crippen LogP contribution in [0.15, 0.2) is 36.7 Å². The molecule has 0 unspecified atom stereocenters. The number of imidazole rings is 1. The van der Waals surface area contributed by atoms with Crippen molar-refractivity contribution in [1.29, 1.82) is 0 Å². The van der Waals surface area contributed by atoms with Crippen LogP contribution in [0, 0.1) is 0 Å². The van der Waals surface area contributed by atoms with Gasteiger partial charge in [-0.15, -0.1) is 0 Å². The van der Waals surface area contributed by atoms with Crippen LogP contribution in [0.2, 0.25) is 0 Å². The van der Waals surface area contributed by atoms with Gasteiger partial charge >= 0.3 is 0 Å². The molecule has 2 aromatic heterocycles. The predicted octanol–water partition coefficient (Wildman–Crippen LogP) is 2.39. The Labute approximate surface area is 142 Å². The number of fused-ring (bicyclic) bond motifs is 1. The number of aryl methyl sites for hydroxylation is 2. The Kier molecular flexibility index (Phi) is 5.38. The monoisotopic (exact) mass is 324 g/mol. The molecule has 0 saturated heterocycles. The van der Waals surface area contributed by atoms with Gasteiger partial charge in [-0.2, -0.15) is 0 Å². The lowest BCUT2D eigenvalue weighted by Gasteiger charge is -2.11. The quantitative estimate of drug-likeness (QED) is 0.622. The summed E-state index contributed by atoms with van der Waals surface area (Å²) in [5, 5.41) is 4.51. The highest BCUT2D eigenvalue weighted by Crippen LogP contribution is 2.20. The molecule has 0 fully saturated rings. The summed E-state index contributed by atoms with van der Waals surface area (Å²) < 4.78 is 2.21. The number of hydrogen-bond donors (Lipinski definition) is 2. The molecular weight excluding hydrogens is 300 g/mol. The normalized spacial score (nSPS) is 11.1. The first kappa shape index (κ1) is 16.4. The van der Waals surface area contributed by atoms with E-state index in [2.05, 4.69) is 37.8 Å². The number of nitrogens with zero attached hydrogens (tertiary/aromatic N) is 4. The van der Waals surface area contributed by atoms with E-state index in [1.165, 1.54) is 0 Å². The van der Waals surface area contributed by atoms with Gasteiger partial charge < -0.3 is 15.6 Å². The number of nitrogens with one attached hydrogen (secondary N) is 1. The standard InChI is InChI=1S/C18H24N6/c1-2-17-20-11-13-24(17)12-5-10-21-18-14-6-3-4-7-15(14)22-16(23-18)8-9-19/h3-4,6-7,11,13H,2,5,8-10,12,19H2,1H3,(H,21,22,23). The number of nitrogens with two attached hydrogens (primary N) is 1. The van der Waals surface area contributed by atoms with Crippen molar-refractivity contribution >= 4 is 16.7 Å². The molecule has 3 N–H and O–H groups in total. The zero-order chi connectivity index (χ0) is 16.8. The molecule has 3 rings (SSSR count). The average molecular weight is 324 g/mol. The minimum atomic E-state index is 0.554. The molecule has 0 saturated carbocycles. The van der Waals surface area contributed by atoms with Crippen molar-refractivity contribution in [1.82, 2.24) is 19.5 Å². The Balaban J connectivity index is 1.68. The molecule has 2 heterocycles. The molecule has 0 aliphatic heterocycles. The molecule has 24 heavy (non-hydrogen) atoms.